The second-order valence-corrected chi connectivity index (χ2v) is 12.1. The van der Waals surface area contributed by atoms with Crippen LogP contribution in [0.2, 0.25) is 19.6 Å². The van der Waals surface area contributed by atoms with Gasteiger partial charge in [-0.3, -0.25) is 4.90 Å². The van der Waals surface area contributed by atoms with E-state index in [1.54, 1.807) is 0 Å². The van der Waals surface area contributed by atoms with Crippen LogP contribution in [0.3, 0.4) is 0 Å². The Morgan fingerprint density at radius 1 is 0.857 bits per heavy atom. The summed E-state index contributed by atoms with van der Waals surface area (Å²) < 4.78 is 0. The minimum Gasteiger partial charge on any atom is -0.298 e. The van der Waals surface area contributed by atoms with Crippen molar-refractivity contribution in [2.75, 3.05) is 7.05 Å². The first-order valence-electron chi connectivity index (χ1n) is 7.69. The van der Waals surface area contributed by atoms with E-state index in [0.717, 1.165) is 13.1 Å². The van der Waals surface area contributed by atoms with E-state index in [9.17, 15) is 0 Å². The highest BCUT2D eigenvalue weighted by molar-refractivity contribution is 6.88. The lowest BCUT2D eigenvalue weighted by molar-refractivity contribution is 0.318. The van der Waals surface area contributed by atoms with Crippen LogP contribution in [0.4, 0.5) is 0 Å². The van der Waals surface area contributed by atoms with Gasteiger partial charge in [0, 0.05) is 13.1 Å². The highest BCUT2D eigenvalue weighted by atomic mass is 28.3. The van der Waals surface area contributed by atoms with Gasteiger partial charge in [0.05, 0.1) is 8.07 Å². The van der Waals surface area contributed by atoms with Gasteiger partial charge in [0.25, 0.3) is 0 Å². The molecule has 2 heteroatoms. The minimum atomic E-state index is -1.18. The zero-order valence-electron chi connectivity index (χ0n) is 14.0. The molecule has 0 saturated carbocycles. The topological polar surface area (TPSA) is 3.24 Å². The average Bonchev–Trinajstić information content (AvgIpc) is 2.41. The van der Waals surface area contributed by atoms with Gasteiger partial charge in [0.1, 0.15) is 0 Å². The summed E-state index contributed by atoms with van der Waals surface area (Å²) in [5.74, 6) is 0. The molecule has 0 aliphatic heterocycles. The standard InChI is InChI=1S/C19H27NSi/c1-16-8-6-7-9-18(16)15-20(2)14-17-10-12-19(13-11-17)21(3,4)5/h6-13H,14-15H2,1-5H3. The Labute approximate surface area is 130 Å². The Morgan fingerprint density at radius 2 is 1.48 bits per heavy atom. The number of nitrogens with zero attached hydrogens (tertiary/aromatic N) is 1. The van der Waals surface area contributed by atoms with Crippen LogP contribution in [0.15, 0.2) is 48.5 Å². The average molecular weight is 298 g/mol. The molecule has 0 fully saturated rings. The van der Waals surface area contributed by atoms with Crippen molar-refractivity contribution in [3.63, 3.8) is 0 Å². The van der Waals surface area contributed by atoms with Gasteiger partial charge >= 0.3 is 0 Å². The molecule has 1 nitrogen and oxygen atoms in total. The summed E-state index contributed by atoms with van der Waals surface area (Å²) in [7, 11) is 1.02. The molecular weight excluding hydrogens is 270 g/mol. The zero-order chi connectivity index (χ0) is 15.5. The monoisotopic (exact) mass is 297 g/mol. The Kier molecular flexibility index (Phi) is 5.02. The van der Waals surface area contributed by atoms with Gasteiger partial charge in [-0.25, -0.2) is 0 Å². The van der Waals surface area contributed by atoms with Gasteiger partial charge in [-0.15, -0.1) is 0 Å². The predicted molar refractivity (Wildman–Crippen MR) is 95.8 cm³/mol. The van der Waals surface area contributed by atoms with Crippen LogP contribution in [-0.2, 0) is 13.1 Å². The van der Waals surface area contributed by atoms with Gasteiger partial charge in [-0.2, -0.15) is 0 Å². The first kappa shape index (κ1) is 16.0. The fourth-order valence-electron chi connectivity index (χ4n) is 2.56. The minimum absolute atomic E-state index is 1.00. The lowest BCUT2D eigenvalue weighted by atomic mass is 10.1. The Morgan fingerprint density at radius 3 is 2.05 bits per heavy atom. The molecule has 0 spiro atoms. The first-order chi connectivity index (χ1) is 9.86. The number of rotatable bonds is 5. The predicted octanol–water partition coefficient (Wildman–Crippen LogP) is 4.17. The molecule has 0 aliphatic rings. The molecular formula is C19H27NSi. The van der Waals surface area contributed by atoms with Crippen molar-refractivity contribution < 1.29 is 0 Å². The van der Waals surface area contributed by atoms with Crippen molar-refractivity contribution in [1.82, 2.24) is 4.90 Å². The number of hydrogen-bond acceptors (Lipinski definition) is 1. The summed E-state index contributed by atoms with van der Waals surface area (Å²) in [6, 6.07) is 17.9. The molecule has 0 bridgehead atoms. The first-order valence-corrected chi connectivity index (χ1v) is 11.2. The highest BCUT2D eigenvalue weighted by Gasteiger charge is 2.15. The van der Waals surface area contributed by atoms with Crippen LogP contribution < -0.4 is 5.19 Å². The summed E-state index contributed by atoms with van der Waals surface area (Å²) in [6.45, 7) is 11.4. The van der Waals surface area contributed by atoms with Gasteiger partial charge < -0.3 is 0 Å². The van der Waals surface area contributed by atoms with E-state index in [1.807, 2.05) is 0 Å². The molecule has 2 aromatic rings. The SMILES string of the molecule is Cc1ccccc1CN(C)Cc1ccc([Si](C)(C)C)cc1. The van der Waals surface area contributed by atoms with E-state index in [-0.39, 0.29) is 0 Å². The maximum Gasteiger partial charge on any atom is 0.0775 e. The highest BCUT2D eigenvalue weighted by Crippen LogP contribution is 2.12. The molecule has 0 aromatic heterocycles. The molecule has 0 unspecified atom stereocenters. The molecule has 0 N–H and O–H groups in total. The molecule has 0 saturated heterocycles. The van der Waals surface area contributed by atoms with Crippen LogP contribution in [0.25, 0.3) is 0 Å². The van der Waals surface area contributed by atoms with Gasteiger partial charge in [-0.1, -0.05) is 73.4 Å². The van der Waals surface area contributed by atoms with Gasteiger partial charge in [-0.05, 0) is 30.7 Å². The van der Waals surface area contributed by atoms with E-state index >= 15 is 0 Å². The number of aryl methyl sites for hydroxylation is 1. The van der Waals surface area contributed by atoms with E-state index in [1.165, 1.54) is 21.9 Å². The third kappa shape index (κ3) is 4.55. The second-order valence-electron chi connectivity index (χ2n) is 7.05. The third-order valence-corrected chi connectivity index (χ3v) is 6.04. The van der Waals surface area contributed by atoms with E-state index in [2.05, 4.69) is 87.0 Å². The van der Waals surface area contributed by atoms with E-state index in [4.69, 9.17) is 0 Å². The van der Waals surface area contributed by atoms with Crippen LogP contribution >= 0.6 is 0 Å². The summed E-state index contributed by atoms with van der Waals surface area (Å²) in [4.78, 5) is 2.38. The van der Waals surface area contributed by atoms with E-state index in [0.29, 0.717) is 0 Å². The summed E-state index contributed by atoms with van der Waals surface area (Å²) in [6.07, 6.45) is 0. The molecule has 0 heterocycles. The van der Waals surface area contributed by atoms with Crippen LogP contribution in [0.5, 0.6) is 0 Å². The van der Waals surface area contributed by atoms with Crippen molar-refractivity contribution in [3.8, 4) is 0 Å². The molecule has 112 valence electrons. The van der Waals surface area contributed by atoms with Gasteiger partial charge in [0.2, 0.25) is 0 Å². The summed E-state index contributed by atoms with van der Waals surface area (Å²) in [5, 5.41) is 1.54. The molecule has 0 amide bonds. The van der Waals surface area contributed by atoms with Crippen molar-refractivity contribution >= 4 is 13.3 Å². The smallest absolute Gasteiger partial charge is 0.0775 e. The normalized spacial score (nSPS) is 11.9. The Bertz CT molecular complexity index is 581. The quantitative estimate of drug-likeness (QED) is 0.749. The molecule has 0 radical (unpaired) electrons. The van der Waals surface area contributed by atoms with Crippen molar-refractivity contribution in [3.05, 3.63) is 65.2 Å². The summed E-state index contributed by atoms with van der Waals surface area (Å²) >= 11 is 0. The van der Waals surface area contributed by atoms with E-state index < -0.39 is 8.07 Å². The molecule has 2 rings (SSSR count). The maximum absolute atomic E-state index is 2.40. The zero-order valence-corrected chi connectivity index (χ0v) is 15.0. The largest absolute Gasteiger partial charge is 0.298 e. The van der Waals surface area contributed by atoms with Crippen molar-refractivity contribution in [2.45, 2.75) is 39.7 Å². The lowest BCUT2D eigenvalue weighted by Gasteiger charge is -2.20. The van der Waals surface area contributed by atoms with Crippen molar-refractivity contribution in [2.24, 2.45) is 0 Å². The molecule has 0 atom stereocenters. The molecule has 2 aromatic carbocycles. The van der Waals surface area contributed by atoms with Crippen molar-refractivity contribution in [1.29, 1.82) is 0 Å². The lowest BCUT2D eigenvalue weighted by Crippen LogP contribution is -2.37. The fraction of sp³-hybridized carbons (Fsp3) is 0.368. The molecule has 0 aliphatic carbocycles. The molecule has 21 heavy (non-hydrogen) atoms. The van der Waals surface area contributed by atoms with Crippen LogP contribution in [-0.4, -0.2) is 20.0 Å². The second kappa shape index (κ2) is 6.59. The van der Waals surface area contributed by atoms with Crippen LogP contribution in [0.1, 0.15) is 16.7 Å². The third-order valence-electron chi connectivity index (χ3n) is 3.97. The summed E-state index contributed by atoms with van der Waals surface area (Å²) in [5.41, 5.74) is 4.19. The fourth-order valence-corrected chi connectivity index (χ4v) is 3.72. The maximum atomic E-state index is 2.40. The van der Waals surface area contributed by atoms with Crippen LogP contribution in [0, 0.1) is 6.92 Å². The number of benzene rings is 2. The van der Waals surface area contributed by atoms with Gasteiger partial charge in [0.15, 0.2) is 0 Å². The Balaban J connectivity index is 2.00. The Hall–Kier alpha value is -1.38. The number of hydrogen-bond donors (Lipinski definition) is 0.